The Labute approximate surface area is 88.2 Å². The number of likely N-dealkylation sites (N-methyl/N-ethyl adjacent to an activating group) is 1. The molecule has 1 aromatic heterocycles. The molecule has 0 bridgehead atoms. The molecule has 0 aliphatic rings. The van der Waals surface area contributed by atoms with Gasteiger partial charge in [-0.2, -0.15) is 0 Å². The van der Waals surface area contributed by atoms with Crippen molar-refractivity contribution in [2.45, 2.75) is 6.92 Å². The van der Waals surface area contributed by atoms with Gasteiger partial charge in [-0.15, -0.1) is 6.58 Å². The summed E-state index contributed by atoms with van der Waals surface area (Å²) >= 11 is 0. The van der Waals surface area contributed by atoms with Crippen LogP contribution in [0.3, 0.4) is 0 Å². The molecule has 0 spiro atoms. The third kappa shape index (κ3) is 2.56. The lowest BCUT2D eigenvalue weighted by Crippen LogP contribution is -2.34. The molecule has 0 atom stereocenters. The zero-order chi connectivity index (χ0) is 11.3. The van der Waals surface area contributed by atoms with Gasteiger partial charge in [-0.1, -0.05) is 6.08 Å². The number of carbonyl (C=O) groups is 1. The summed E-state index contributed by atoms with van der Waals surface area (Å²) in [5.41, 5.74) is -0.0949. The van der Waals surface area contributed by atoms with Crippen LogP contribution in [0.4, 0.5) is 0 Å². The molecule has 1 heterocycles. The predicted molar refractivity (Wildman–Crippen MR) is 58.8 cm³/mol. The van der Waals surface area contributed by atoms with Crippen molar-refractivity contribution in [3.8, 4) is 0 Å². The third-order valence-corrected chi connectivity index (χ3v) is 2.07. The van der Waals surface area contributed by atoms with Gasteiger partial charge in [-0.05, 0) is 6.92 Å². The van der Waals surface area contributed by atoms with Crippen LogP contribution in [0, 0.1) is 0 Å². The number of rotatable bonds is 4. The van der Waals surface area contributed by atoms with E-state index in [1.54, 1.807) is 11.0 Å². The maximum absolute atomic E-state index is 11.8. The normalized spacial score (nSPS) is 9.67. The van der Waals surface area contributed by atoms with Crippen molar-refractivity contribution >= 4 is 5.91 Å². The Hall–Kier alpha value is -1.84. The Morgan fingerprint density at radius 1 is 1.67 bits per heavy atom. The number of aromatic amines is 1. The summed E-state index contributed by atoms with van der Waals surface area (Å²) in [4.78, 5) is 27.5. The van der Waals surface area contributed by atoms with Gasteiger partial charge in [0.2, 0.25) is 0 Å². The molecule has 0 radical (unpaired) electrons. The van der Waals surface area contributed by atoms with E-state index in [9.17, 15) is 9.59 Å². The molecule has 0 aliphatic carbocycles. The van der Waals surface area contributed by atoms with Crippen molar-refractivity contribution in [3.05, 3.63) is 46.9 Å². The zero-order valence-corrected chi connectivity index (χ0v) is 8.69. The number of pyridine rings is 1. The number of nitrogens with one attached hydrogen (secondary N) is 1. The standard InChI is InChI=1S/C11H14N2O2/c1-3-7-13(4-2)11(15)9-8-12-6-5-10(9)14/h3,5-6,8H,1,4,7H2,2H3,(H,12,14). The van der Waals surface area contributed by atoms with E-state index in [2.05, 4.69) is 11.6 Å². The first-order valence-corrected chi connectivity index (χ1v) is 4.78. The number of amides is 1. The molecule has 1 amide bonds. The molecule has 0 aromatic carbocycles. The molecule has 4 nitrogen and oxygen atoms in total. The predicted octanol–water partition coefficient (Wildman–Crippen LogP) is 1.02. The lowest BCUT2D eigenvalue weighted by atomic mass is 10.2. The van der Waals surface area contributed by atoms with Crippen molar-refractivity contribution in [1.29, 1.82) is 0 Å². The highest BCUT2D eigenvalue weighted by Crippen LogP contribution is 1.98. The SMILES string of the molecule is C=CCN(CC)C(=O)c1c[nH]ccc1=O. The fraction of sp³-hybridized carbons (Fsp3) is 0.273. The molecule has 0 aliphatic heterocycles. The first kappa shape index (κ1) is 11.2. The van der Waals surface area contributed by atoms with E-state index >= 15 is 0 Å². The van der Waals surface area contributed by atoms with Crippen LogP contribution in [0.2, 0.25) is 0 Å². The first-order valence-electron chi connectivity index (χ1n) is 4.78. The number of hydrogen-bond acceptors (Lipinski definition) is 2. The van der Waals surface area contributed by atoms with Crippen molar-refractivity contribution in [3.63, 3.8) is 0 Å². The number of aromatic nitrogens is 1. The number of carbonyl (C=O) groups excluding carboxylic acids is 1. The molecule has 1 aromatic rings. The van der Waals surface area contributed by atoms with Gasteiger partial charge in [0.25, 0.3) is 5.91 Å². The molecule has 4 heteroatoms. The van der Waals surface area contributed by atoms with Gasteiger partial charge in [-0.25, -0.2) is 0 Å². The minimum Gasteiger partial charge on any atom is -0.367 e. The van der Waals surface area contributed by atoms with Crippen LogP contribution >= 0.6 is 0 Å². The Morgan fingerprint density at radius 2 is 2.40 bits per heavy atom. The highest BCUT2D eigenvalue weighted by atomic mass is 16.2. The van der Waals surface area contributed by atoms with Crippen LogP contribution in [0.15, 0.2) is 35.9 Å². The highest BCUT2D eigenvalue weighted by molar-refractivity contribution is 5.93. The van der Waals surface area contributed by atoms with Crippen LogP contribution in [0.5, 0.6) is 0 Å². The summed E-state index contributed by atoms with van der Waals surface area (Å²) in [6.45, 7) is 6.43. The van der Waals surface area contributed by atoms with Crippen molar-refractivity contribution in [2.24, 2.45) is 0 Å². The lowest BCUT2D eigenvalue weighted by Gasteiger charge is -2.18. The molecule has 1 rings (SSSR count). The minimum atomic E-state index is -0.265. The summed E-state index contributed by atoms with van der Waals surface area (Å²) in [6.07, 6.45) is 4.57. The number of hydrogen-bond donors (Lipinski definition) is 1. The molecule has 80 valence electrons. The maximum Gasteiger partial charge on any atom is 0.259 e. The van der Waals surface area contributed by atoms with E-state index in [0.717, 1.165) is 0 Å². The number of nitrogens with zero attached hydrogens (tertiary/aromatic N) is 1. The Morgan fingerprint density at radius 3 is 2.93 bits per heavy atom. The largest absolute Gasteiger partial charge is 0.367 e. The Kier molecular flexibility index (Phi) is 3.85. The van der Waals surface area contributed by atoms with E-state index < -0.39 is 0 Å². The van der Waals surface area contributed by atoms with Gasteiger partial charge in [0, 0.05) is 31.5 Å². The molecular formula is C11H14N2O2. The zero-order valence-electron chi connectivity index (χ0n) is 8.69. The molecule has 0 saturated heterocycles. The van der Waals surface area contributed by atoms with Gasteiger partial charge in [0.1, 0.15) is 5.56 Å². The molecule has 0 unspecified atom stereocenters. The summed E-state index contributed by atoms with van der Waals surface area (Å²) in [5.74, 6) is -0.265. The smallest absolute Gasteiger partial charge is 0.259 e. The van der Waals surface area contributed by atoms with Crippen LogP contribution in [-0.2, 0) is 0 Å². The molecule has 15 heavy (non-hydrogen) atoms. The van der Waals surface area contributed by atoms with Crippen LogP contribution in [0.25, 0.3) is 0 Å². The minimum absolute atomic E-state index is 0.168. The van der Waals surface area contributed by atoms with Gasteiger partial charge >= 0.3 is 0 Å². The molecule has 1 N–H and O–H groups in total. The fourth-order valence-electron chi connectivity index (χ4n) is 1.27. The average Bonchev–Trinajstić information content (AvgIpc) is 2.25. The summed E-state index contributed by atoms with van der Waals surface area (Å²) in [7, 11) is 0. The van der Waals surface area contributed by atoms with Crippen molar-refractivity contribution < 1.29 is 4.79 Å². The van der Waals surface area contributed by atoms with Gasteiger partial charge in [0.05, 0.1) is 0 Å². The van der Waals surface area contributed by atoms with Crippen LogP contribution in [-0.4, -0.2) is 28.9 Å². The van der Waals surface area contributed by atoms with Gasteiger partial charge < -0.3 is 9.88 Å². The fourth-order valence-corrected chi connectivity index (χ4v) is 1.27. The Balaban J connectivity index is 2.97. The summed E-state index contributed by atoms with van der Waals surface area (Å²) < 4.78 is 0. The second kappa shape index (κ2) is 5.14. The van der Waals surface area contributed by atoms with Crippen LogP contribution < -0.4 is 5.43 Å². The summed E-state index contributed by atoms with van der Waals surface area (Å²) in [5, 5.41) is 0. The molecule has 0 saturated carbocycles. The first-order chi connectivity index (χ1) is 7.20. The second-order valence-electron chi connectivity index (χ2n) is 3.05. The van der Waals surface area contributed by atoms with Gasteiger partial charge in [0.15, 0.2) is 5.43 Å². The number of H-pyrrole nitrogens is 1. The molecule has 0 fully saturated rings. The maximum atomic E-state index is 11.8. The van der Waals surface area contributed by atoms with E-state index in [0.29, 0.717) is 13.1 Å². The van der Waals surface area contributed by atoms with Crippen LogP contribution in [0.1, 0.15) is 17.3 Å². The van der Waals surface area contributed by atoms with Crippen molar-refractivity contribution in [1.82, 2.24) is 9.88 Å². The van der Waals surface area contributed by atoms with E-state index in [-0.39, 0.29) is 16.9 Å². The highest BCUT2D eigenvalue weighted by Gasteiger charge is 2.15. The molecular weight excluding hydrogens is 192 g/mol. The second-order valence-corrected chi connectivity index (χ2v) is 3.05. The van der Waals surface area contributed by atoms with Gasteiger partial charge in [-0.3, -0.25) is 9.59 Å². The third-order valence-electron chi connectivity index (χ3n) is 2.07. The average molecular weight is 206 g/mol. The lowest BCUT2D eigenvalue weighted by molar-refractivity contribution is 0.0780. The Bertz CT molecular complexity index is 409. The van der Waals surface area contributed by atoms with Crippen molar-refractivity contribution in [2.75, 3.05) is 13.1 Å². The topological polar surface area (TPSA) is 53.2 Å². The van der Waals surface area contributed by atoms with E-state index in [1.807, 2.05) is 6.92 Å². The van der Waals surface area contributed by atoms with E-state index in [1.165, 1.54) is 18.5 Å². The quantitative estimate of drug-likeness (QED) is 0.748. The van der Waals surface area contributed by atoms with E-state index in [4.69, 9.17) is 0 Å². The monoisotopic (exact) mass is 206 g/mol. The summed E-state index contributed by atoms with van der Waals surface area (Å²) in [6, 6.07) is 1.34.